The number of hydrogen-bond donors (Lipinski definition) is 1. The molecule has 16 heavy (non-hydrogen) atoms. The van der Waals surface area contributed by atoms with Crippen LogP contribution >= 0.6 is 0 Å². The van der Waals surface area contributed by atoms with Gasteiger partial charge in [-0.05, 0) is 6.42 Å². The van der Waals surface area contributed by atoms with Crippen LogP contribution in [0.15, 0.2) is 0 Å². The topological polar surface area (TPSA) is 70.3 Å². The fourth-order valence-electron chi connectivity index (χ4n) is 1.45. The molecule has 0 fully saturated rings. The van der Waals surface area contributed by atoms with Gasteiger partial charge < -0.3 is 9.84 Å². The normalized spacial score (nSPS) is 14.4. The van der Waals surface area contributed by atoms with Crippen molar-refractivity contribution in [2.24, 2.45) is 5.92 Å². The SMILES string of the molecule is CCCCCCOC(C#N)(C(=O)O)C(C)C. The van der Waals surface area contributed by atoms with Crippen LogP contribution < -0.4 is 0 Å². The number of carboxylic acid groups (broad SMARTS) is 1. The molecule has 0 radical (unpaired) electrons. The van der Waals surface area contributed by atoms with Crippen LogP contribution in [0.5, 0.6) is 0 Å². The molecule has 0 aromatic carbocycles. The van der Waals surface area contributed by atoms with Crippen LogP contribution in [0.3, 0.4) is 0 Å². The maximum Gasteiger partial charge on any atom is 0.351 e. The third-order valence-electron chi connectivity index (χ3n) is 2.62. The maximum atomic E-state index is 11.1. The van der Waals surface area contributed by atoms with Gasteiger partial charge in [0.05, 0.1) is 0 Å². The third-order valence-corrected chi connectivity index (χ3v) is 2.62. The van der Waals surface area contributed by atoms with Crippen molar-refractivity contribution in [2.45, 2.75) is 52.1 Å². The first-order valence-electron chi connectivity index (χ1n) is 5.79. The predicted molar refractivity (Wildman–Crippen MR) is 60.9 cm³/mol. The zero-order chi connectivity index (χ0) is 12.6. The third kappa shape index (κ3) is 3.82. The molecule has 0 aliphatic heterocycles. The largest absolute Gasteiger partial charge is 0.478 e. The zero-order valence-electron chi connectivity index (χ0n) is 10.3. The van der Waals surface area contributed by atoms with E-state index in [1.165, 1.54) is 0 Å². The number of unbranched alkanes of at least 4 members (excludes halogenated alkanes) is 3. The molecule has 0 rings (SSSR count). The molecule has 0 saturated carbocycles. The van der Waals surface area contributed by atoms with Crippen LogP contribution in [-0.2, 0) is 9.53 Å². The standard InChI is InChI=1S/C12H21NO3/c1-4-5-6-7-8-16-12(9-13,10(2)3)11(14)15/h10H,4-8H2,1-3H3,(H,14,15). The highest BCUT2D eigenvalue weighted by molar-refractivity contribution is 5.81. The lowest BCUT2D eigenvalue weighted by molar-refractivity contribution is -0.163. The summed E-state index contributed by atoms with van der Waals surface area (Å²) >= 11 is 0. The van der Waals surface area contributed by atoms with Gasteiger partial charge in [-0.3, -0.25) is 0 Å². The van der Waals surface area contributed by atoms with Gasteiger partial charge in [0.15, 0.2) is 0 Å². The van der Waals surface area contributed by atoms with Crippen molar-refractivity contribution in [2.75, 3.05) is 6.61 Å². The lowest BCUT2D eigenvalue weighted by Crippen LogP contribution is -2.45. The molecule has 0 aromatic heterocycles. The number of hydrogen-bond acceptors (Lipinski definition) is 3. The Balaban J connectivity index is 4.25. The number of carboxylic acids is 1. The number of aliphatic carboxylic acids is 1. The first kappa shape index (κ1) is 14.9. The number of ether oxygens (including phenoxy) is 1. The average Bonchev–Trinajstić information content (AvgIpc) is 2.22. The van der Waals surface area contributed by atoms with Crippen molar-refractivity contribution < 1.29 is 14.6 Å². The van der Waals surface area contributed by atoms with Crippen LogP contribution in [0.1, 0.15) is 46.5 Å². The first-order chi connectivity index (χ1) is 7.51. The van der Waals surface area contributed by atoms with Gasteiger partial charge in [-0.1, -0.05) is 40.0 Å². The second kappa shape index (κ2) is 7.24. The molecule has 0 aromatic rings. The van der Waals surface area contributed by atoms with Crippen molar-refractivity contribution in [3.05, 3.63) is 0 Å². The highest BCUT2D eigenvalue weighted by Crippen LogP contribution is 2.22. The number of rotatable bonds is 8. The van der Waals surface area contributed by atoms with Gasteiger partial charge in [-0.2, -0.15) is 5.26 Å². The summed E-state index contributed by atoms with van der Waals surface area (Å²) in [4.78, 5) is 11.1. The molecule has 0 aliphatic rings. The van der Waals surface area contributed by atoms with E-state index < -0.39 is 11.6 Å². The van der Waals surface area contributed by atoms with Gasteiger partial charge in [-0.25, -0.2) is 4.79 Å². The maximum absolute atomic E-state index is 11.1. The quantitative estimate of drug-likeness (QED) is 0.647. The number of carbonyl (C=O) groups is 1. The van der Waals surface area contributed by atoms with Crippen LogP contribution in [0.25, 0.3) is 0 Å². The molecule has 0 heterocycles. The molecule has 92 valence electrons. The fourth-order valence-corrected chi connectivity index (χ4v) is 1.45. The summed E-state index contributed by atoms with van der Waals surface area (Å²) in [5, 5.41) is 18.0. The molecular formula is C12H21NO3. The van der Waals surface area contributed by atoms with Gasteiger partial charge in [0.2, 0.25) is 0 Å². The molecule has 0 saturated heterocycles. The highest BCUT2D eigenvalue weighted by Gasteiger charge is 2.43. The number of nitriles is 1. The van der Waals surface area contributed by atoms with Gasteiger partial charge in [0, 0.05) is 12.5 Å². The van der Waals surface area contributed by atoms with E-state index in [1.807, 2.05) is 0 Å². The Kier molecular flexibility index (Phi) is 6.75. The Morgan fingerprint density at radius 2 is 2.06 bits per heavy atom. The fraction of sp³-hybridized carbons (Fsp3) is 0.833. The smallest absolute Gasteiger partial charge is 0.351 e. The summed E-state index contributed by atoms with van der Waals surface area (Å²) in [5.74, 6) is -1.55. The summed E-state index contributed by atoms with van der Waals surface area (Å²) in [6.07, 6.45) is 4.04. The monoisotopic (exact) mass is 227 g/mol. The zero-order valence-corrected chi connectivity index (χ0v) is 10.3. The lowest BCUT2D eigenvalue weighted by Gasteiger charge is -2.26. The van der Waals surface area contributed by atoms with E-state index in [2.05, 4.69) is 6.92 Å². The second-order valence-corrected chi connectivity index (χ2v) is 4.22. The molecule has 0 aliphatic carbocycles. The minimum Gasteiger partial charge on any atom is -0.478 e. The molecule has 1 unspecified atom stereocenters. The Hall–Kier alpha value is -1.08. The molecule has 0 spiro atoms. The molecule has 0 amide bonds. The van der Waals surface area contributed by atoms with E-state index in [4.69, 9.17) is 15.1 Å². The summed E-state index contributed by atoms with van der Waals surface area (Å²) in [5.41, 5.74) is -1.69. The Morgan fingerprint density at radius 3 is 2.44 bits per heavy atom. The Morgan fingerprint density at radius 1 is 1.44 bits per heavy atom. The van der Waals surface area contributed by atoms with Gasteiger partial charge in [0.1, 0.15) is 6.07 Å². The van der Waals surface area contributed by atoms with Crippen LogP contribution in [0.2, 0.25) is 0 Å². The predicted octanol–water partition coefficient (Wildman–Crippen LogP) is 2.59. The van der Waals surface area contributed by atoms with Crippen LogP contribution in [0, 0.1) is 17.2 Å². The molecule has 1 N–H and O–H groups in total. The van der Waals surface area contributed by atoms with Gasteiger partial charge in [-0.15, -0.1) is 0 Å². The van der Waals surface area contributed by atoms with Crippen molar-refractivity contribution in [1.82, 2.24) is 0 Å². The van der Waals surface area contributed by atoms with E-state index in [9.17, 15) is 4.79 Å². The highest BCUT2D eigenvalue weighted by atomic mass is 16.5. The van der Waals surface area contributed by atoms with Crippen molar-refractivity contribution >= 4 is 5.97 Å². The lowest BCUT2D eigenvalue weighted by atomic mass is 9.91. The summed E-state index contributed by atoms with van der Waals surface area (Å²) in [6, 6.07) is 1.78. The molecular weight excluding hydrogens is 206 g/mol. The van der Waals surface area contributed by atoms with Crippen molar-refractivity contribution in [3.8, 4) is 6.07 Å². The van der Waals surface area contributed by atoms with Gasteiger partial charge >= 0.3 is 5.97 Å². The molecule has 1 atom stereocenters. The van der Waals surface area contributed by atoms with Crippen LogP contribution in [-0.4, -0.2) is 23.3 Å². The van der Waals surface area contributed by atoms with E-state index in [1.54, 1.807) is 19.9 Å². The summed E-state index contributed by atoms with van der Waals surface area (Å²) in [6.45, 7) is 5.80. The number of nitrogens with zero attached hydrogens (tertiary/aromatic N) is 1. The van der Waals surface area contributed by atoms with E-state index >= 15 is 0 Å². The Labute approximate surface area is 97.2 Å². The van der Waals surface area contributed by atoms with Crippen molar-refractivity contribution in [3.63, 3.8) is 0 Å². The van der Waals surface area contributed by atoms with Crippen molar-refractivity contribution in [1.29, 1.82) is 5.26 Å². The molecule has 4 heteroatoms. The summed E-state index contributed by atoms with van der Waals surface area (Å²) in [7, 11) is 0. The van der Waals surface area contributed by atoms with E-state index in [0.29, 0.717) is 6.61 Å². The second-order valence-electron chi connectivity index (χ2n) is 4.22. The minimum absolute atomic E-state index is 0.331. The van der Waals surface area contributed by atoms with Gasteiger partial charge in [0.25, 0.3) is 5.60 Å². The van der Waals surface area contributed by atoms with E-state index in [-0.39, 0.29) is 5.92 Å². The first-order valence-corrected chi connectivity index (χ1v) is 5.79. The van der Waals surface area contributed by atoms with Crippen LogP contribution in [0.4, 0.5) is 0 Å². The minimum atomic E-state index is -1.69. The summed E-state index contributed by atoms with van der Waals surface area (Å²) < 4.78 is 5.29. The Bertz CT molecular complexity index is 257. The molecule has 0 bridgehead atoms. The average molecular weight is 227 g/mol. The van der Waals surface area contributed by atoms with E-state index in [0.717, 1.165) is 25.7 Å². The molecule has 4 nitrogen and oxygen atoms in total.